The molecule has 0 N–H and O–H groups in total. The SMILES string of the molecule is COC=Nc1ccccc1C(=O)OC. The monoisotopic (exact) mass is 193 g/mol. The van der Waals surface area contributed by atoms with Crippen LogP contribution in [0.25, 0.3) is 0 Å². The van der Waals surface area contributed by atoms with Gasteiger partial charge in [-0.15, -0.1) is 0 Å². The molecule has 0 atom stereocenters. The third-order valence-corrected chi connectivity index (χ3v) is 1.61. The fourth-order valence-electron chi connectivity index (χ4n) is 0.978. The zero-order chi connectivity index (χ0) is 10.4. The average molecular weight is 193 g/mol. The van der Waals surface area contributed by atoms with Crippen molar-refractivity contribution in [2.45, 2.75) is 0 Å². The number of ether oxygens (including phenoxy) is 2. The molecule has 0 amide bonds. The Labute approximate surface area is 82.2 Å². The average Bonchev–Trinajstić information content (AvgIpc) is 2.25. The van der Waals surface area contributed by atoms with E-state index < -0.39 is 5.97 Å². The van der Waals surface area contributed by atoms with Crippen molar-refractivity contribution >= 4 is 18.1 Å². The molecule has 0 aliphatic heterocycles. The van der Waals surface area contributed by atoms with Crippen molar-refractivity contribution in [1.82, 2.24) is 0 Å². The molecular formula is C10H11NO3. The predicted molar refractivity (Wildman–Crippen MR) is 52.9 cm³/mol. The van der Waals surface area contributed by atoms with Crippen LogP contribution in [-0.4, -0.2) is 26.6 Å². The van der Waals surface area contributed by atoms with Crippen LogP contribution in [0.2, 0.25) is 0 Å². The smallest absolute Gasteiger partial charge is 0.340 e. The fraction of sp³-hybridized carbons (Fsp3) is 0.200. The van der Waals surface area contributed by atoms with E-state index in [1.165, 1.54) is 20.6 Å². The number of methoxy groups -OCH3 is 2. The first-order valence-corrected chi connectivity index (χ1v) is 4.02. The lowest BCUT2D eigenvalue weighted by molar-refractivity contribution is 0.0602. The third-order valence-electron chi connectivity index (χ3n) is 1.61. The number of nitrogens with zero attached hydrogens (tertiary/aromatic N) is 1. The molecule has 1 aromatic carbocycles. The highest BCUT2D eigenvalue weighted by Crippen LogP contribution is 2.18. The molecule has 0 radical (unpaired) electrons. The van der Waals surface area contributed by atoms with Gasteiger partial charge < -0.3 is 9.47 Å². The highest BCUT2D eigenvalue weighted by Gasteiger charge is 2.09. The molecule has 4 nitrogen and oxygen atoms in total. The van der Waals surface area contributed by atoms with E-state index in [0.717, 1.165) is 0 Å². The van der Waals surface area contributed by atoms with Gasteiger partial charge in [-0.05, 0) is 12.1 Å². The molecule has 74 valence electrons. The van der Waals surface area contributed by atoms with Gasteiger partial charge in [0.05, 0.1) is 25.5 Å². The molecule has 0 fully saturated rings. The summed E-state index contributed by atoms with van der Waals surface area (Å²) in [6.07, 6.45) is 1.27. The quantitative estimate of drug-likeness (QED) is 0.417. The van der Waals surface area contributed by atoms with Crippen molar-refractivity contribution in [3.8, 4) is 0 Å². The van der Waals surface area contributed by atoms with E-state index in [-0.39, 0.29) is 0 Å². The lowest BCUT2D eigenvalue weighted by Crippen LogP contribution is -2.01. The summed E-state index contributed by atoms with van der Waals surface area (Å²) in [6, 6.07) is 6.89. The van der Waals surface area contributed by atoms with Gasteiger partial charge in [-0.25, -0.2) is 9.79 Å². The molecule has 0 unspecified atom stereocenters. The molecule has 1 rings (SSSR count). The van der Waals surface area contributed by atoms with Crippen LogP contribution in [0.3, 0.4) is 0 Å². The van der Waals surface area contributed by atoms with Gasteiger partial charge in [0, 0.05) is 0 Å². The van der Waals surface area contributed by atoms with E-state index in [1.54, 1.807) is 24.3 Å². The molecule has 0 aromatic heterocycles. The molecule has 1 aromatic rings. The molecule has 0 aliphatic carbocycles. The molecule has 14 heavy (non-hydrogen) atoms. The molecule has 0 saturated carbocycles. The van der Waals surface area contributed by atoms with Crippen LogP contribution in [-0.2, 0) is 9.47 Å². The highest BCUT2D eigenvalue weighted by molar-refractivity contribution is 5.95. The summed E-state index contributed by atoms with van der Waals surface area (Å²) in [4.78, 5) is 15.2. The minimum atomic E-state index is -0.408. The van der Waals surface area contributed by atoms with Crippen LogP contribution in [0, 0.1) is 0 Å². The van der Waals surface area contributed by atoms with Crippen molar-refractivity contribution in [3.05, 3.63) is 29.8 Å². The van der Waals surface area contributed by atoms with Gasteiger partial charge in [0.2, 0.25) is 0 Å². The third kappa shape index (κ3) is 2.32. The number of hydrogen-bond donors (Lipinski definition) is 0. The maximum Gasteiger partial charge on any atom is 0.340 e. The van der Waals surface area contributed by atoms with Crippen molar-refractivity contribution in [2.24, 2.45) is 4.99 Å². The molecule has 0 aliphatic rings. The summed E-state index contributed by atoms with van der Waals surface area (Å²) in [5, 5.41) is 0. The number of carbonyl (C=O) groups excluding carboxylic acids is 1. The Morgan fingerprint density at radius 3 is 2.71 bits per heavy atom. The van der Waals surface area contributed by atoms with Crippen molar-refractivity contribution < 1.29 is 14.3 Å². The van der Waals surface area contributed by atoms with Gasteiger partial charge in [0.25, 0.3) is 0 Å². The minimum Gasteiger partial charge on any atom is -0.486 e. The van der Waals surface area contributed by atoms with Gasteiger partial charge in [0.1, 0.15) is 0 Å². The van der Waals surface area contributed by atoms with Gasteiger partial charge in [-0.1, -0.05) is 12.1 Å². The number of aliphatic imine (C=N–C) groups is 1. The predicted octanol–water partition coefficient (Wildman–Crippen LogP) is 1.78. The standard InChI is InChI=1S/C10H11NO3/c1-13-7-11-9-6-4-3-5-8(9)10(12)14-2/h3-7H,1-2H3. The lowest BCUT2D eigenvalue weighted by Gasteiger charge is -2.01. The number of esters is 1. The minimum absolute atomic E-state index is 0.408. The largest absolute Gasteiger partial charge is 0.486 e. The van der Waals surface area contributed by atoms with Gasteiger partial charge >= 0.3 is 5.97 Å². The first-order valence-electron chi connectivity index (χ1n) is 4.02. The Kier molecular flexibility index (Phi) is 3.67. The Balaban J connectivity index is 3.03. The molecule has 0 saturated heterocycles. The highest BCUT2D eigenvalue weighted by atomic mass is 16.5. The number of rotatable bonds is 3. The normalized spacial score (nSPS) is 10.1. The zero-order valence-electron chi connectivity index (χ0n) is 8.06. The van der Waals surface area contributed by atoms with E-state index in [0.29, 0.717) is 11.3 Å². The van der Waals surface area contributed by atoms with Gasteiger partial charge in [-0.3, -0.25) is 0 Å². The van der Waals surface area contributed by atoms with Crippen LogP contribution < -0.4 is 0 Å². The molecule has 0 spiro atoms. The van der Waals surface area contributed by atoms with Crippen molar-refractivity contribution in [1.29, 1.82) is 0 Å². The second-order valence-electron chi connectivity index (χ2n) is 2.48. The number of hydrogen-bond acceptors (Lipinski definition) is 4. The fourth-order valence-corrected chi connectivity index (χ4v) is 0.978. The van der Waals surface area contributed by atoms with Crippen LogP contribution in [0.4, 0.5) is 5.69 Å². The number of benzene rings is 1. The van der Waals surface area contributed by atoms with Crippen LogP contribution >= 0.6 is 0 Å². The Morgan fingerprint density at radius 1 is 1.36 bits per heavy atom. The maximum absolute atomic E-state index is 11.3. The topological polar surface area (TPSA) is 47.9 Å². The summed E-state index contributed by atoms with van der Waals surface area (Å²) in [6.45, 7) is 0. The first kappa shape index (κ1) is 10.2. The number of carbonyl (C=O) groups is 1. The maximum atomic E-state index is 11.3. The van der Waals surface area contributed by atoms with Crippen molar-refractivity contribution in [3.63, 3.8) is 0 Å². The first-order chi connectivity index (χ1) is 6.79. The van der Waals surface area contributed by atoms with Gasteiger partial charge in [0.15, 0.2) is 6.40 Å². The van der Waals surface area contributed by atoms with E-state index in [4.69, 9.17) is 0 Å². The second kappa shape index (κ2) is 5.01. The van der Waals surface area contributed by atoms with Crippen LogP contribution in [0.5, 0.6) is 0 Å². The Morgan fingerprint density at radius 2 is 2.07 bits per heavy atom. The molecule has 4 heteroatoms. The van der Waals surface area contributed by atoms with Crippen molar-refractivity contribution in [2.75, 3.05) is 14.2 Å². The lowest BCUT2D eigenvalue weighted by atomic mass is 10.2. The number of para-hydroxylation sites is 1. The molecular weight excluding hydrogens is 182 g/mol. The molecule has 0 bridgehead atoms. The van der Waals surface area contributed by atoms with E-state index in [9.17, 15) is 4.79 Å². The van der Waals surface area contributed by atoms with Crippen LogP contribution in [0.15, 0.2) is 29.3 Å². The Bertz CT molecular complexity index is 347. The summed E-state index contributed by atoms with van der Waals surface area (Å²) >= 11 is 0. The van der Waals surface area contributed by atoms with E-state index >= 15 is 0 Å². The summed E-state index contributed by atoms with van der Waals surface area (Å²) in [5.41, 5.74) is 0.949. The van der Waals surface area contributed by atoms with Crippen LogP contribution in [0.1, 0.15) is 10.4 Å². The van der Waals surface area contributed by atoms with E-state index in [2.05, 4.69) is 14.5 Å². The zero-order valence-corrected chi connectivity index (χ0v) is 8.06. The summed E-state index contributed by atoms with van der Waals surface area (Å²) < 4.78 is 9.27. The molecule has 0 heterocycles. The van der Waals surface area contributed by atoms with E-state index in [1.807, 2.05) is 0 Å². The summed E-state index contributed by atoms with van der Waals surface area (Å²) in [7, 11) is 2.82. The van der Waals surface area contributed by atoms with Gasteiger partial charge in [-0.2, -0.15) is 0 Å². The second-order valence-corrected chi connectivity index (χ2v) is 2.48. The summed E-state index contributed by atoms with van der Waals surface area (Å²) in [5.74, 6) is -0.408. The Hall–Kier alpha value is -1.84.